The highest BCUT2D eigenvalue weighted by atomic mass is 16.2. The Morgan fingerprint density at radius 1 is 1.38 bits per heavy atom. The predicted molar refractivity (Wildman–Crippen MR) is 64.7 cm³/mol. The number of rotatable bonds is 2. The summed E-state index contributed by atoms with van der Waals surface area (Å²) in [7, 11) is 1.51. The van der Waals surface area contributed by atoms with Crippen molar-refractivity contribution in [1.82, 2.24) is 9.55 Å². The summed E-state index contributed by atoms with van der Waals surface area (Å²) in [5, 5.41) is 2.96. The van der Waals surface area contributed by atoms with E-state index in [1.165, 1.54) is 11.6 Å². The topological polar surface area (TPSA) is 92.9 Å². The second kappa shape index (κ2) is 4.03. The lowest BCUT2D eigenvalue weighted by atomic mass is 9.97. The highest BCUT2D eigenvalue weighted by Crippen LogP contribution is 2.15. The van der Waals surface area contributed by atoms with Crippen molar-refractivity contribution in [3.05, 3.63) is 20.8 Å². The van der Waals surface area contributed by atoms with Crippen molar-refractivity contribution in [2.24, 2.45) is 12.5 Å². The Kier molecular flexibility index (Phi) is 3.11. The number of H-pyrrole nitrogens is 1. The average Bonchev–Trinajstić information content (AvgIpc) is 2.12. The molecule has 0 aliphatic carbocycles. The van der Waals surface area contributed by atoms with E-state index in [-0.39, 0.29) is 16.9 Å². The first-order valence-corrected chi connectivity index (χ1v) is 5.05. The third-order valence-electron chi connectivity index (χ3n) is 2.17. The maximum atomic E-state index is 11.5. The quantitative estimate of drug-likeness (QED) is 0.667. The Labute approximate surface area is 93.5 Å². The SMILES string of the molecule is Cn1c(N)c(NCC(C)(C)C)c(=O)[nH]c1=O. The maximum Gasteiger partial charge on any atom is 0.329 e. The zero-order valence-electron chi connectivity index (χ0n) is 10.0. The van der Waals surface area contributed by atoms with E-state index >= 15 is 0 Å². The number of nitrogens with zero attached hydrogens (tertiary/aromatic N) is 1. The molecule has 6 heteroatoms. The lowest BCUT2D eigenvalue weighted by Gasteiger charge is -2.20. The Hall–Kier alpha value is -1.72. The molecule has 1 aromatic heterocycles. The number of hydrogen-bond donors (Lipinski definition) is 3. The molecule has 1 rings (SSSR count). The molecule has 0 spiro atoms. The summed E-state index contributed by atoms with van der Waals surface area (Å²) in [5.74, 6) is 0.151. The van der Waals surface area contributed by atoms with Gasteiger partial charge in [-0.15, -0.1) is 0 Å². The van der Waals surface area contributed by atoms with Crippen LogP contribution in [-0.2, 0) is 7.05 Å². The van der Waals surface area contributed by atoms with Gasteiger partial charge in [0.1, 0.15) is 11.5 Å². The fourth-order valence-corrected chi connectivity index (χ4v) is 1.16. The highest BCUT2D eigenvalue weighted by molar-refractivity contribution is 5.60. The first-order valence-electron chi connectivity index (χ1n) is 5.05. The number of hydrogen-bond acceptors (Lipinski definition) is 4. The van der Waals surface area contributed by atoms with Crippen LogP contribution in [-0.4, -0.2) is 16.1 Å². The molecule has 0 bridgehead atoms. The van der Waals surface area contributed by atoms with E-state index in [1.807, 2.05) is 20.8 Å². The number of aromatic nitrogens is 2. The van der Waals surface area contributed by atoms with Gasteiger partial charge in [0.2, 0.25) is 0 Å². The van der Waals surface area contributed by atoms with Crippen molar-refractivity contribution in [1.29, 1.82) is 0 Å². The fraction of sp³-hybridized carbons (Fsp3) is 0.600. The largest absolute Gasteiger partial charge is 0.383 e. The van der Waals surface area contributed by atoms with Gasteiger partial charge in [-0.25, -0.2) is 4.79 Å². The molecule has 0 saturated carbocycles. The third-order valence-corrected chi connectivity index (χ3v) is 2.17. The number of nitrogens with one attached hydrogen (secondary N) is 2. The summed E-state index contributed by atoms with van der Waals surface area (Å²) in [5.41, 5.74) is 4.97. The van der Waals surface area contributed by atoms with Crippen LogP contribution in [0.1, 0.15) is 20.8 Å². The van der Waals surface area contributed by atoms with Crippen molar-refractivity contribution < 1.29 is 0 Å². The van der Waals surface area contributed by atoms with Crippen molar-refractivity contribution >= 4 is 11.5 Å². The zero-order valence-corrected chi connectivity index (χ0v) is 10.0. The molecule has 0 aliphatic heterocycles. The second-order valence-electron chi connectivity index (χ2n) is 4.99. The van der Waals surface area contributed by atoms with Gasteiger partial charge in [-0.1, -0.05) is 20.8 Å². The van der Waals surface area contributed by atoms with Crippen molar-refractivity contribution in [2.45, 2.75) is 20.8 Å². The molecule has 0 amide bonds. The van der Waals surface area contributed by atoms with Gasteiger partial charge in [0.15, 0.2) is 0 Å². The van der Waals surface area contributed by atoms with Crippen LogP contribution >= 0.6 is 0 Å². The molecule has 4 N–H and O–H groups in total. The Bertz CT molecular complexity index is 493. The molecule has 0 fully saturated rings. The molecule has 0 atom stereocenters. The van der Waals surface area contributed by atoms with E-state index in [0.29, 0.717) is 6.54 Å². The van der Waals surface area contributed by atoms with Gasteiger partial charge in [0, 0.05) is 13.6 Å². The second-order valence-corrected chi connectivity index (χ2v) is 4.99. The van der Waals surface area contributed by atoms with Gasteiger partial charge in [-0.3, -0.25) is 14.3 Å². The normalized spacial score (nSPS) is 11.5. The molecule has 6 nitrogen and oxygen atoms in total. The van der Waals surface area contributed by atoms with E-state index in [4.69, 9.17) is 5.73 Å². The Balaban J connectivity index is 3.11. The van der Waals surface area contributed by atoms with Gasteiger partial charge >= 0.3 is 5.69 Å². The van der Waals surface area contributed by atoms with Crippen LogP contribution in [0.25, 0.3) is 0 Å². The molecule has 0 unspecified atom stereocenters. The van der Waals surface area contributed by atoms with E-state index in [0.717, 1.165) is 0 Å². The summed E-state index contributed by atoms with van der Waals surface area (Å²) in [6, 6.07) is 0. The first-order chi connectivity index (χ1) is 7.22. The molecule has 0 aromatic carbocycles. The van der Waals surface area contributed by atoms with Gasteiger partial charge in [0.05, 0.1) is 0 Å². The molecule has 0 aliphatic rings. The first kappa shape index (κ1) is 12.4. The van der Waals surface area contributed by atoms with Gasteiger partial charge in [-0.2, -0.15) is 0 Å². The average molecular weight is 226 g/mol. The van der Waals surface area contributed by atoms with Crippen LogP contribution in [0.4, 0.5) is 11.5 Å². The molecular weight excluding hydrogens is 208 g/mol. The third kappa shape index (κ3) is 2.65. The summed E-state index contributed by atoms with van der Waals surface area (Å²) < 4.78 is 1.20. The lowest BCUT2D eigenvalue weighted by molar-refractivity contribution is 0.443. The standard InChI is InChI=1S/C10H18N4O2/c1-10(2,3)5-12-6-7(11)14(4)9(16)13-8(6)15/h12H,5,11H2,1-4H3,(H,13,15,16). The zero-order chi connectivity index (χ0) is 12.5. The van der Waals surface area contributed by atoms with Crippen LogP contribution in [0.3, 0.4) is 0 Å². The van der Waals surface area contributed by atoms with Gasteiger partial charge in [-0.05, 0) is 5.41 Å². The van der Waals surface area contributed by atoms with Crippen LogP contribution < -0.4 is 22.3 Å². The predicted octanol–water partition coefficient (Wildman–Crippen LogP) is 0.114. The smallest absolute Gasteiger partial charge is 0.329 e. The van der Waals surface area contributed by atoms with E-state index in [9.17, 15) is 9.59 Å². The van der Waals surface area contributed by atoms with E-state index in [2.05, 4.69) is 10.3 Å². The Morgan fingerprint density at radius 2 is 1.94 bits per heavy atom. The summed E-state index contributed by atoms with van der Waals surface area (Å²) in [4.78, 5) is 24.9. The number of nitrogen functional groups attached to an aromatic ring is 1. The van der Waals surface area contributed by atoms with Gasteiger partial charge in [0.25, 0.3) is 5.56 Å². The number of aromatic amines is 1. The van der Waals surface area contributed by atoms with Crippen LogP contribution in [0.15, 0.2) is 9.59 Å². The molecule has 1 heterocycles. The van der Waals surface area contributed by atoms with Crippen LogP contribution in [0.5, 0.6) is 0 Å². The van der Waals surface area contributed by atoms with E-state index in [1.54, 1.807) is 0 Å². The van der Waals surface area contributed by atoms with Crippen molar-refractivity contribution in [3.8, 4) is 0 Å². The van der Waals surface area contributed by atoms with Crippen molar-refractivity contribution in [3.63, 3.8) is 0 Å². The lowest BCUT2D eigenvalue weighted by Crippen LogP contribution is -2.34. The van der Waals surface area contributed by atoms with Crippen molar-refractivity contribution in [2.75, 3.05) is 17.6 Å². The number of nitrogens with two attached hydrogens (primary N) is 1. The molecule has 90 valence electrons. The molecule has 0 radical (unpaired) electrons. The summed E-state index contributed by atoms with van der Waals surface area (Å²) in [6.07, 6.45) is 0. The van der Waals surface area contributed by atoms with Gasteiger partial charge < -0.3 is 11.1 Å². The fourth-order valence-electron chi connectivity index (χ4n) is 1.16. The van der Waals surface area contributed by atoms with Crippen LogP contribution in [0.2, 0.25) is 0 Å². The molecular formula is C10H18N4O2. The molecule has 1 aromatic rings. The Morgan fingerprint density at radius 3 is 2.44 bits per heavy atom. The minimum atomic E-state index is -0.510. The summed E-state index contributed by atoms with van der Waals surface area (Å²) >= 11 is 0. The van der Waals surface area contributed by atoms with Crippen LogP contribution in [0, 0.1) is 5.41 Å². The maximum absolute atomic E-state index is 11.5. The number of anilines is 2. The monoisotopic (exact) mass is 226 g/mol. The minimum absolute atomic E-state index is 0.0214. The molecule has 16 heavy (non-hydrogen) atoms. The van der Waals surface area contributed by atoms with E-state index < -0.39 is 11.2 Å². The minimum Gasteiger partial charge on any atom is -0.383 e. The summed E-state index contributed by atoms with van der Waals surface area (Å²) in [6.45, 7) is 6.70. The molecule has 0 saturated heterocycles. The highest BCUT2D eigenvalue weighted by Gasteiger charge is 2.14.